The highest BCUT2D eigenvalue weighted by Crippen LogP contribution is 2.27. The van der Waals surface area contributed by atoms with Gasteiger partial charge in [-0.05, 0) is 62.8 Å². The fourth-order valence-electron chi connectivity index (χ4n) is 1.25. The minimum atomic E-state index is -0.986. The van der Waals surface area contributed by atoms with E-state index in [0.29, 0.717) is 11.6 Å². The lowest BCUT2D eigenvalue weighted by atomic mass is 10.2. The largest absolute Gasteiger partial charge is 0.478 e. The van der Waals surface area contributed by atoms with Crippen LogP contribution in [0.15, 0.2) is 41.0 Å². The topological polar surface area (TPSA) is 59.4 Å². The Bertz CT molecular complexity index is 586. The molecule has 0 unspecified atom stereocenters. The number of ether oxygens (including phenoxy) is 1. The van der Waals surface area contributed by atoms with Crippen LogP contribution in [0, 0.1) is 3.57 Å². The summed E-state index contributed by atoms with van der Waals surface area (Å²) in [6.07, 6.45) is 1.61. The number of pyridine rings is 1. The third-order valence-electron chi connectivity index (χ3n) is 2.09. The predicted molar refractivity (Wildman–Crippen MR) is 78.1 cm³/mol. The normalized spacial score (nSPS) is 10.1. The second-order valence-electron chi connectivity index (χ2n) is 3.37. The lowest BCUT2D eigenvalue weighted by molar-refractivity contribution is 0.0696. The Balaban J connectivity index is 2.30. The fourth-order valence-corrected chi connectivity index (χ4v) is 1.93. The van der Waals surface area contributed by atoms with Crippen LogP contribution in [0.2, 0.25) is 0 Å². The molecule has 92 valence electrons. The maximum absolute atomic E-state index is 10.9. The number of aromatic carboxylic acids is 1. The van der Waals surface area contributed by atoms with Crippen molar-refractivity contribution in [2.24, 2.45) is 0 Å². The van der Waals surface area contributed by atoms with E-state index in [1.807, 2.05) is 0 Å². The first-order valence-electron chi connectivity index (χ1n) is 4.88. The molecule has 1 heterocycles. The number of hydrogen-bond donors (Lipinski definition) is 1. The second kappa shape index (κ2) is 5.66. The van der Waals surface area contributed by atoms with Gasteiger partial charge in [-0.2, -0.15) is 0 Å². The first-order valence-corrected chi connectivity index (χ1v) is 6.75. The summed E-state index contributed by atoms with van der Waals surface area (Å²) in [4.78, 5) is 15.0. The Morgan fingerprint density at radius 3 is 2.72 bits per heavy atom. The Morgan fingerprint density at radius 1 is 1.33 bits per heavy atom. The van der Waals surface area contributed by atoms with Crippen LogP contribution in [0.25, 0.3) is 0 Å². The van der Waals surface area contributed by atoms with Crippen LogP contribution in [0.5, 0.6) is 11.6 Å². The Hall–Kier alpha value is -1.15. The Morgan fingerprint density at radius 2 is 2.11 bits per heavy atom. The third kappa shape index (κ3) is 3.20. The van der Waals surface area contributed by atoms with Gasteiger partial charge < -0.3 is 9.84 Å². The molecule has 0 atom stereocenters. The molecule has 2 aromatic rings. The molecule has 0 aliphatic carbocycles. The van der Waals surface area contributed by atoms with Crippen LogP contribution in [0.1, 0.15) is 10.4 Å². The molecule has 1 aromatic carbocycles. The van der Waals surface area contributed by atoms with Crippen molar-refractivity contribution in [3.8, 4) is 11.6 Å². The average molecular weight is 420 g/mol. The van der Waals surface area contributed by atoms with Gasteiger partial charge in [0.15, 0.2) is 0 Å². The van der Waals surface area contributed by atoms with E-state index in [4.69, 9.17) is 9.84 Å². The molecular weight excluding hydrogens is 413 g/mol. The molecule has 0 radical (unpaired) electrons. The molecule has 6 heteroatoms. The van der Waals surface area contributed by atoms with Gasteiger partial charge in [0.25, 0.3) is 0 Å². The molecule has 2 rings (SSSR count). The van der Waals surface area contributed by atoms with Gasteiger partial charge in [0.2, 0.25) is 5.88 Å². The van der Waals surface area contributed by atoms with Crippen molar-refractivity contribution in [3.05, 3.63) is 50.1 Å². The summed E-state index contributed by atoms with van der Waals surface area (Å²) in [5, 5.41) is 8.92. The van der Waals surface area contributed by atoms with E-state index in [1.54, 1.807) is 24.4 Å². The first kappa shape index (κ1) is 13.3. The lowest BCUT2D eigenvalue weighted by Crippen LogP contribution is -1.98. The fraction of sp³-hybridized carbons (Fsp3) is 0. The molecule has 4 nitrogen and oxygen atoms in total. The maximum Gasteiger partial charge on any atom is 0.335 e. The van der Waals surface area contributed by atoms with Crippen molar-refractivity contribution in [2.75, 3.05) is 0 Å². The Kier molecular flexibility index (Phi) is 4.18. The van der Waals surface area contributed by atoms with Gasteiger partial charge in [-0.3, -0.25) is 0 Å². The number of carboxylic acid groups (broad SMARTS) is 1. The summed E-state index contributed by atoms with van der Waals surface area (Å²) in [5.74, 6) is -0.0935. The number of aromatic nitrogens is 1. The standard InChI is InChI=1S/C12H7BrINO3/c13-8-2-4-11(15-6-8)18-10-5-7(12(16)17)1-3-9(10)14/h1-6H,(H,16,17). The van der Waals surface area contributed by atoms with Crippen molar-refractivity contribution >= 4 is 44.5 Å². The predicted octanol–water partition coefficient (Wildman–Crippen LogP) is 3.94. The molecule has 1 N–H and O–H groups in total. The zero-order chi connectivity index (χ0) is 13.1. The highest BCUT2D eigenvalue weighted by atomic mass is 127. The van der Waals surface area contributed by atoms with Crippen LogP contribution >= 0.6 is 38.5 Å². The molecule has 18 heavy (non-hydrogen) atoms. The molecule has 0 aliphatic rings. The van der Waals surface area contributed by atoms with Crippen LogP contribution < -0.4 is 4.74 Å². The number of hydrogen-bond acceptors (Lipinski definition) is 3. The molecule has 0 saturated carbocycles. The van der Waals surface area contributed by atoms with Crippen LogP contribution in [0.3, 0.4) is 0 Å². The number of carboxylic acids is 1. The molecule has 0 aliphatic heterocycles. The van der Waals surface area contributed by atoms with Crippen molar-refractivity contribution in [1.82, 2.24) is 4.98 Å². The van der Waals surface area contributed by atoms with E-state index in [9.17, 15) is 4.79 Å². The van der Waals surface area contributed by atoms with E-state index in [0.717, 1.165) is 8.04 Å². The van der Waals surface area contributed by atoms with Gasteiger partial charge in [-0.25, -0.2) is 9.78 Å². The Labute approximate surface area is 125 Å². The van der Waals surface area contributed by atoms with E-state index < -0.39 is 5.97 Å². The van der Waals surface area contributed by atoms with Gasteiger partial charge in [-0.1, -0.05) is 0 Å². The number of halogens is 2. The van der Waals surface area contributed by atoms with Gasteiger partial charge in [0, 0.05) is 16.7 Å². The quantitative estimate of drug-likeness (QED) is 0.765. The van der Waals surface area contributed by atoms with Gasteiger partial charge in [0.1, 0.15) is 5.75 Å². The van der Waals surface area contributed by atoms with Crippen molar-refractivity contribution < 1.29 is 14.6 Å². The van der Waals surface area contributed by atoms with Crippen molar-refractivity contribution in [3.63, 3.8) is 0 Å². The summed E-state index contributed by atoms with van der Waals surface area (Å²) in [6.45, 7) is 0. The summed E-state index contributed by atoms with van der Waals surface area (Å²) in [7, 11) is 0. The number of rotatable bonds is 3. The first-order chi connectivity index (χ1) is 8.56. The molecule has 0 fully saturated rings. The van der Waals surface area contributed by atoms with Crippen molar-refractivity contribution in [1.29, 1.82) is 0 Å². The summed E-state index contributed by atoms with van der Waals surface area (Å²) in [5.41, 5.74) is 0.183. The summed E-state index contributed by atoms with van der Waals surface area (Å²) in [6, 6.07) is 8.21. The number of nitrogens with zero attached hydrogens (tertiary/aromatic N) is 1. The molecule has 1 aromatic heterocycles. The van der Waals surface area contributed by atoms with Gasteiger partial charge in [0.05, 0.1) is 9.13 Å². The zero-order valence-electron chi connectivity index (χ0n) is 8.93. The lowest BCUT2D eigenvalue weighted by Gasteiger charge is -2.07. The monoisotopic (exact) mass is 419 g/mol. The van der Waals surface area contributed by atoms with E-state index in [1.165, 1.54) is 12.1 Å². The maximum atomic E-state index is 10.9. The molecule has 0 spiro atoms. The second-order valence-corrected chi connectivity index (χ2v) is 5.44. The molecular formula is C12H7BrINO3. The van der Waals surface area contributed by atoms with Crippen molar-refractivity contribution in [2.45, 2.75) is 0 Å². The minimum absolute atomic E-state index is 0.183. The highest BCUT2D eigenvalue weighted by Gasteiger charge is 2.09. The van der Waals surface area contributed by atoms with Crippen LogP contribution in [-0.4, -0.2) is 16.1 Å². The average Bonchev–Trinajstić information content (AvgIpc) is 2.34. The van der Waals surface area contributed by atoms with Gasteiger partial charge in [-0.15, -0.1) is 0 Å². The van der Waals surface area contributed by atoms with Crippen LogP contribution in [-0.2, 0) is 0 Å². The van der Waals surface area contributed by atoms with E-state index in [-0.39, 0.29) is 5.56 Å². The number of carbonyl (C=O) groups is 1. The smallest absolute Gasteiger partial charge is 0.335 e. The van der Waals surface area contributed by atoms with Gasteiger partial charge >= 0.3 is 5.97 Å². The summed E-state index contributed by atoms with van der Waals surface area (Å²) < 4.78 is 7.22. The number of benzene rings is 1. The molecule has 0 bridgehead atoms. The van der Waals surface area contributed by atoms with E-state index >= 15 is 0 Å². The van der Waals surface area contributed by atoms with Crippen LogP contribution in [0.4, 0.5) is 0 Å². The zero-order valence-corrected chi connectivity index (χ0v) is 12.7. The third-order valence-corrected chi connectivity index (χ3v) is 3.45. The molecule has 0 saturated heterocycles. The SMILES string of the molecule is O=C(O)c1ccc(I)c(Oc2ccc(Br)cn2)c1. The molecule has 0 amide bonds. The van der Waals surface area contributed by atoms with E-state index in [2.05, 4.69) is 43.5 Å². The summed E-state index contributed by atoms with van der Waals surface area (Å²) >= 11 is 5.36. The minimum Gasteiger partial charge on any atom is -0.478 e. The highest BCUT2D eigenvalue weighted by molar-refractivity contribution is 14.1.